The molecule has 0 aliphatic rings. The first-order chi connectivity index (χ1) is 7.50. The van der Waals surface area contributed by atoms with Crippen LogP contribution in [0, 0.1) is 12.7 Å². The third kappa shape index (κ3) is 3.51. The normalized spacial score (nSPS) is 12.2. The molecular formula is C11H14FNO3. The molecule has 0 bridgehead atoms. The smallest absolute Gasteiger partial charge is 0.320 e. The molecule has 0 aromatic heterocycles. The quantitative estimate of drug-likeness (QED) is 0.795. The van der Waals surface area contributed by atoms with E-state index in [9.17, 15) is 9.18 Å². The van der Waals surface area contributed by atoms with E-state index in [0.29, 0.717) is 11.3 Å². The van der Waals surface area contributed by atoms with Gasteiger partial charge in [-0.15, -0.1) is 0 Å². The third-order valence-corrected chi connectivity index (χ3v) is 2.14. The van der Waals surface area contributed by atoms with Gasteiger partial charge in [0.25, 0.3) is 0 Å². The fourth-order valence-electron chi connectivity index (χ4n) is 1.13. The number of benzene rings is 1. The lowest BCUT2D eigenvalue weighted by atomic mass is 10.2. The van der Waals surface area contributed by atoms with Gasteiger partial charge in [-0.05, 0) is 30.7 Å². The Morgan fingerprint density at radius 2 is 2.31 bits per heavy atom. The summed E-state index contributed by atoms with van der Waals surface area (Å²) in [6, 6.07) is 3.43. The van der Waals surface area contributed by atoms with E-state index in [0.717, 1.165) is 0 Å². The Hall–Kier alpha value is -1.62. The number of carbonyl (C=O) groups is 1. The SMILES string of the molecule is Cc1cc(OCCC(N)C(=O)O)ccc1F. The Kier molecular flexibility index (Phi) is 4.25. The van der Waals surface area contributed by atoms with Gasteiger partial charge in [-0.3, -0.25) is 4.79 Å². The zero-order valence-corrected chi connectivity index (χ0v) is 8.94. The molecule has 0 saturated carbocycles. The number of aryl methyl sites for hydroxylation is 1. The Balaban J connectivity index is 2.43. The first kappa shape index (κ1) is 12.4. The number of ether oxygens (including phenoxy) is 1. The van der Waals surface area contributed by atoms with Gasteiger partial charge in [-0.25, -0.2) is 4.39 Å². The predicted molar refractivity (Wildman–Crippen MR) is 56.9 cm³/mol. The average Bonchev–Trinajstić information content (AvgIpc) is 2.23. The molecule has 0 saturated heterocycles. The first-order valence-corrected chi connectivity index (χ1v) is 4.88. The highest BCUT2D eigenvalue weighted by atomic mass is 19.1. The molecule has 0 heterocycles. The molecule has 5 heteroatoms. The summed E-state index contributed by atoms with van der Waals surface area (Å²) in [5.74, 6) is -0.843. The molecule has 88 valence electrons. The van der Waals surface area contributed by atoms with Crippen molar-refractivity contribution in [3.63, 3.8) is 0 Å². The monoisotopic (exact) mass is 227 g/mol. The predicted octanol–water partition coefficient (Wildman–Crippen LogP) is 1.31. The van der Waals surface area contributed by atoms with Crippen LogP contribution in [0.5, 0.6) is 5.75 Å². The summed E-state index contributed by atoms with van der Waals surface area (Å²) < 4.78 is 18.2. The number of hydrogen-bond acceptors (Lipinski definition) is 3. The van der Waals surface area contributed by atoms with E-state index >= 15 is 0 Å². The van der Waals surface area contributed by atoms with Crippen molar-refractivity contribution in [2.24, 2.45) is 5.73 Å². The van der Waals surface area contributed by atoms with Gasteiger partial charge in [0.1, 0.15) is 17.6 Å². The van der Waals surface area contributed by atoms with Crippen molar-refractivity contribution in [3.05, 3.63) is 29.6 Å². The Bertz CT molecular complexity index is 381. The maximum Gasteiger partial charge on any atom is 0.320 e. The number of carboxylic acid groups (broad SMARTS) is 1. The van der Waals surface area contributed by atoms with Crippen LogP contribution in [-0.4, -0.2) is 23.7 Å². The lowest BCUT2D eigenvalue weighted by molar-refractivity contribution is -0.138. The van der Waals surface area contributed by atoms with Crippen LogP contribution < -0.4 is 10.5 Å². The molecule has 1 aromatic rings. The van der Waals surface area contributed by atoms with Crippen molar-refractivity contribution in [1.29, 1.82) is 0 Å². The minimum Gasteiger partial charge on any atom is -0.494 e. The van der Waals surface area contributed by atoms with Crippen molar-refractivity contribution >= 4 is 5.97 Å². The molecule has 4 nitrogen and oxygen atoms in total. The lowest BCUT2D eigenvalue weighted by Crippen LogP contribution is -2.31. The highest BCUT2D eigenvalue weighted by molar-refractivity contribution is 5.72. The summed E-state index contributed by atoms with van der Waals surface area (Å²) in [6.45, 7) is 1.82. The summed E-state index contributed by atoms with van der Waals surface area (Å²) in [7, 11) is 0. The van der Waals surface area contributed by atoms with Crippen molar-refractivity contribution in [2.75, 3.05) is 6.61 Å². The summed E-state index contributed by atoms with van der Waals surface area (Å²) in [6.07, 6.45) is 0.214. The van der Waals surface area contributed by atoms with Gasteiger partial charge in [-0.1, -0.05) is 0 Å². The summed E-state index contributed by atoms with van der Waals surface area (Å²) in [5.41, 5.74) is 5.78. The van der Waals surface area contributed by atoms with E-state index in [2.05, 4.69) is 0 Å². The second-order valence-corrected chi connectivity index (χ2v) is 3.49. The maximum absolute atomic E-state index is 12.9. The molecule has 0 amide bonds. The van der Waals surface area contributed by atoms with Crippen LogP contribution >= 0.6 is 0 Å². The first-order valence-electron chi connectivity index (χ1n) is 4.88. The van der Waals surface area contributed by atoms with E-state index in [1.165, 1.54) is 12.1 Å². The Morgan fingerprint density at radius 3 is 2.88 bits per heavy atom. The van der Waals surface area contributed by atoms with E-state index in [-0.39, 0.29) is 18.8 Å². The fourth-order valence-corrected chi connectivity index (χ4v) is 1.13. The van der Waals surface area contributed by atoms with E-state index < -0.39 is 12.0 Å². The summed E-state index contributed by atoms with van der Waals surface area (Å²) >= 11 is 0. The van der Waals surface area contributed by atoms with Gasteiger partial charge < -0.3 is 15.6 Å². The molecule has 0 aliphatic carbocycles. The number of halogens is 1. The minimum atomic E-state index is -1.06. The number of hydrogen-bond donors (Lipinski definition) is 2. The minimum absolute atomic E-state index is 0.193. The highest BCUT2D eigenvalue weighted by Gasteiger charge is 2.10. The third-order valence-electron chi connectivity index (χ3n) is 2.14. The lowest BCUT2D eigenvalue weighted by Gasteiger charge is -2.09. The highest BCUT2D eigenvalue weighted by Crippen LogP contribution is 2.16. The molecule has 1 rings (SSSR count). The van der Waals surface area contributed by atoms with Crippen molar-refractivity contribution in [2.45, 2.75) is 19.4 Å². The van der Waals surface area contributed by atoms with Crippen LogP contribution in [0.15, 0.2) is 18.2 Å². The van der Waals surface area contributed by atoms with Crippen LogP contribution in [0.2, 0.25) is 0 Å². The van der Waals surface area contributed by atoms with Crippen LogP contribution in [0.4, 0.5) is 4.39 Å². The molecule has 0 radical (unpaired) electrons. The van der Waals surface area contributed by atoms with Crippen molar-refractivity contribution in [1.82, 2.24) is 0 Å². The van der Waals surface area contributed by atoms with Crippen LogP contribution in [-0.2, 0) is 4.79 Å². The number of aliphatic carboxylic acids is 1. The second kappa shape index (κ2) is 5.46. The van der Waals surface area contributed by atoms with Crippen LogP contribution in [0.3, 0.4) is 0 Å². The van der Waals surface area contributed by atoms with Gasteiger partial charge in [-0.2, -0.15) is 0 Å². The van der Waals surface area contributed by atoms with Gasteiger partial charge >= 0.3 is 5.97 Å². The average molecular weight is 227 g/mol. The van der Waals surface area contributed by atoms with E-state index in [4.69, 9.17) is 15.6 Å². The van der Waals surface area contributed by atoms with Crippen LogP contribution in [0.25, 0.3) is 0 Å². The number of rotatable bonds is 5. The summed E-state index contributed by atoms with van der Waals surface area (Å²) in [4.78, 5) is 10.4. The Labute approximate surface area is 92.8 Å². The fraction of sp³-hybridized carbons (Fsp3) is 0.364. The largest absolute Gasteiger partial charge is 0.494 e. The van der Waals surface area contributed by atoms with Gasteiger partial charge in [0.15, 0.2) is 0 Å². The molecule has 0 fully saturated rings. The van der Waals surface area contributed by atoms with E-state index in [1.54, 1.807) is 13.0 Å². The van der Waals surface area contributed by atoms with Crippen molar-refractivity contribution < 1.29 is 19.0 Å². The maximum atomic E-state index is 12.9. The molecular weight excluding hydrogens is 213 g/mol. The van der Waals surface area contributed by atoms with Crippen molar-refractivity contribution in [3.8, 4) is 5.75 Å². The summed E-state index contributed by atoms with van der Waals surface area (Å²) in [5, 5.41) is 8.53. The molecule has 1 aromatic carbocycles. The zero-order chi connectivity index (χ0) is 12.1. The van der Waals surface area contributed by atoms with Crippen LogP contribution in [0.1, 0.15) is 12.0 Å². The second-order valence-electron chi connectivity index (χ2n) is 3.49. The zero-order valence-electron chi connectivity index (χ0n) is 8.94. The standard InChI is InChI=1S/C11H14FNO3/c1-7-6-8(2-3-9(7)12)16-5-4-10(13)11(14)15/h2-3,6,10H,4-5,13H2,1H3,(H,14,15). The van der Waals surface area contributed by atoms with E-state index in [1.807, 2.05) is 0 Å². The molecule has 0 aliphatic heterocycles. The molecule has 3 N–H and O–H groups in total. The number of nitrogens with two attached hydrogens (primary N) is 1. The van der Waals surface area contributed by atoms with Gasteiger partial charge in [0.05, 0.1) is 6.61 Å². The topological polar surface area (TPSA) is 72.5 Å². The van der Waals surface area contributed by atoms with Gasteiger partial charge in [0.2, 0.25) is 0 Å². The molecule has 1 unspecified atom stereocenters. The molecule has 0 spiro atoms. The molecule has 1 atom stereocenters. The Morgan fingerprint density at radius 1 is 1.62 bits per heavy atom. The van der Waals surface area contributed by atoms with Gasteiger partial charge in [0, 0.05) is 6.42 Å². The number of carboxylic acids is 1. The molecule has 16 heavy (non-hydrogen) atoms.